The Morgan fingerprint density at radius 2 is 2.15 bits per heavy atom. The van der Waals surface area contributed by atoms with Gasteiger partial charge in [-0.25, -0.2) is 12.8 Å². The van der Waals surface area contributed by atoms with Crippen LogP contribution in [0.3, 0.4) is 0 Å². The molecule has 1 N–H and O–H groups in total. The van der Waals surface area contributed by atoms with E-state index in [0.717, 1.165) is 25.0 Å². The van der Waals surface area contributed by atoms with Crippen molar-refractivity contribution in [1.29, 1.82) is 5.26 Å². The number of nitrogens with zero attached hydrogens (tertiary/aromatic N) is 2. The molecule has 0 spiro atoms. The highest BCUT2D eigenvalue weighted by atomic mass is 32.2. The highest BCUT2D eigenvalue weighted by Crippen LogP contribution is 2.33. The van der Waals surface area contributed by atoms with Crippen molar-refractivity contribution >= 4 is 15.7 Å². The fourth-order valence-corrected chi connectivity index (χ4v) is 2.98. The molecular formula is C11H10FN3O4S. The van der Waals surface area contributed by atoms with Crippen LogP contribution in [0.25, 0.3) is 0 Å². The molecule has 7 nitrogen and oxygen atoms in total. The minimum absolute atomic E-state index is 0.0594. The van der Waals surface area contributed by atoms with Crippen molar-refractivity contribution < 1.29 is 17.7 Å². The van der Waals surface area contributed by atoms with Gasteiger partial charge < -0.3 is 0 Å². The summed E-state index contributed by atoms with van der Waals surface area (Å²) in [5, 5.41) is 19.3. The second kappa shape index (κ2) is 5.15. The van der Waals surface area contributed by atoms with Crippen LogP contribution in [-0.4, -0.2) is 19.4 Å². The predicted molar refractivity (Wildman–Crippen MR) is 65.5 cm³/mol. The fraction of sp³-hybridized carbons (Fsp3) is 0.364. The highest BCUT2D eigenvalue weighted by molar-refractivity contribution is 7.89. The first-order chi connectivity index (χ1) is 9.35. The standard InChI is InChI=1S/C11H10FN3O4S/c12-9-5-8(15(16)17)3-4-11(9)20(18,19)14-10(6-13)7-1-2-7/h3-5,7,10,14H,1-2H2. The van der Waals surface area contributed by atoms with E-state index in [-0.39, 0.29) is 5.92 Å². The summed E-state index contributed by atoms with van der Waals surface area (Å²) in [5.41, 5.74) is -0.541. The normalized spacial score (nSPS) is 16.4. The molecule has 9 heteroatoms. The number of rotatable bonds is 5. The van der Waals surface area contributed by atoms with E-state index in [2.05, 4.69) is 4.72 Å². The van der Waals surface area contributed by atoms with Gasteiger partial charge in [-0.15, -0.1) is 0 Å². The zero-order valence-corrected chi connectivity index (χ0v) is 10.9. The van der Waals surface area contributed by atoms with Crippen LogP contribution in [-0.2, 0) is 10.0 Å². The lowest BCUT2D eigenvalue weighted by atomic mass is 10.2. The first-order valence-corrected chi connectivity index (χ1v) is 7.19. The van der Waals surface area contributed by atoms with Gasteiger partial charge in [0.25, 0.3) is 5.69 Å². The molecule has 0 radical (unpaired) electrons. The topological polar surface area (TPSA) is 113 Å². The highest BCUT2D eigenvalue weighted by Gasteiger charge is 2.35. The number of halogens is 1. The minimum atomic E-state index is -4.22. The molecule has 1 aromatic carbocycles. The van der Waals surface area contributed by atoms with Crippen molar-refractivity contribution in [1.82, 2.24) is 4.72 Å². The number of sulfonamides is 1. The van der Waals surface area contributed by atoms with E-state index in [1.807, 2.05) is 6.07 Å². The van der Waals surface area contributed by atoms with Crippen molar-refractivity contribution in [2.75, 3.05) is 0 Å². The van der Waals surface area contributed by atoms with Gasteiger partial charge in [0.1, 0.15) is 16.8 Å². The Labute approximate surface area is 114 Å². The third kappa shape index (κ3) is 2.92. The Bertz CT molecular complexity index is 694. The van der Waals surface area contributed by atoms with Crippen LogP contribution in [0, 0.1) is 33.2 Å². The Morgan fingerprint density at radius 3 is 2.60 bits per heavy atom. The van der Waals surface area contributed by atoms with Gasteiger partial charge in [0.2, 0.25) is 10.0 Å². The lowest BCUT2D eigenvalue weighted by Crippen LogP contribution is -2.35. The van der Waals surface area contributed by atoms with E-state index in [4.69, 9.17) is 5.26 Å². The molecule has 20 heavy (non-hydrogen) atoms. The molecule has 1 atom stereocenters. The van der Waals surface area contributed by atoms with Gasteiger partial charge >= 0.3 is 0 Å². The number of nitro benzene ring substituents is 1. The van der Waals surface area contributed by atoms with E-state index >= 15 is 0 Å². The van der Waals surface area contributed by atoms with Crippen LogP contribution < -0.4 is 4.72 Å². The summed E-state index contributed by atoms with van der Waals surface area (Å²) in [6, 6.07) is 3.16. The molecule has 2 rings (SSSR count). The number of non-ortho nitro benzene ring substituents is 1. The summed E-state index contributed by atoms with van der Waals surface area (Å²) < 4.78 is 39.7. The Kier molecular flexibility index (Phi) is 3.69. The largest absolute Gasteiger partial charge is 0.272 e. The number of hydrogen-bond donors (Lipinski definition) is 1. The molecular weight excluding hydrogens is 289 g/mol. The Hall–Kier alpha value is -2.05. The van der Waals surface area contributed by atoms with Crippen molar-refractivity contribution in [2.24, 2.45) is 5.92 Å². The molecule has 0 aromatic heterocycles. The summed E-state index contributed by atoms with van der Waals surface area (Å²) in [7, 11) is -4.22. The monoisotopic (exact) mass is 299 g/mol. The first kappa shape index (κ1) is 14.4. The molecule has 1 fully saturated rings. The summed E-state index contributed by atoms with van der Waals surface area (Å²) >= 11 is 0. The van der Waals surface area contributed by atoms with Crippen LogP contribution in [0.2, 0.25) is 0 Å². The molecule has 1 saturated carbocycles. The predicted octanol–water partition coefficient (Wildman–Crippen LogP) is 1.31. The van der Waals surface area contributed by atoms with Crippen LogP contribution in [0.15, 0.2) is 23.1 Å². The van der Waals surface area contributed by atoms with Gasteiger partial charge in [-0.2, -0.15) is 9.98 Å². The smallest absolute Gasteiger partial charge is 0.258 e. The lowest BCUT2D eigenvalue weighted by Gasteiger charge is -2.11. The van der Waals surface area contributed by atoms with Gasteiger partial charge in [-0.3, -0.25) is 10.1 Å². The quantitative estimate of drug-likeness (QED) is 0.650. The maximum atomic E-state index is 13.7. The molecule has 0 aliphatic heterocycles. The van der Waals surface area contributed by atoms with Crippen molar-refractivity contribution in [3.63, 3.8) is 0 Å². The van der Waals surface area contributed by atoms with Gasteiger partial charge in [-0.05, 0) is 24.8 Å². The number of hydrogen-bond acceptors (Lipinski definition) is 5. The Morgan fingerprint density at radius 1 is 1.50 bits per heavy atom. The summed E-state index contributed by atoms with van der Waals surface area (Å²) in [6.45, 7) is 0. The number of nitriles is 1. The summed E-state index contributed by atoms with van der Waals surface area (Å²) in [6.07, 6.45) is 1.48. The minimum Gasteiger partial charge on any atom is -0.258 e. The SMILES string of the molecule is N#CC(NS(=O)(=O)c1ccc([N+](=O)[O-])cc1F)C1CC1. The van der Waals surface area contributed by atoms with E-state index in [0.29, 0.717) is 6.07 Å². The van der Waals surface area contributed by atoms with E-state index in [9.17, 15) is 22.9 Å². The van der Waals surface area contributed by atoms with Crippen molar-refractivity contribution in [3.05, 3.63) is 34.1 Å². The Balaban J connectivity index is 2.30. The average molecular weight is 299 g/mol. The zero-order valence-electron chi connectivity index (χ0n) is 10.1. The third-order valence-electron chi connectivity index (χ3n) is 2.93. The molecule has 0 amide bonds. The second-order valence-corrected chi connectivity index (χ2v) is 6.12. The van der Waals surface area contributed by atoms with Crippen molar-refractivity contribution in [2.45, 2.75) is 23.8 Å². The second-order valence-electron chi connectivity index (χ2n) is 4.44. The summed E-state index contributed by atoms with van der Waals surface area (Å²) in [4.78, 5) is 8.94. The number of nitro groups is 1. The third-order valence-corrected chi connectivity index (χ3v) is 4.40. The maximum Gasteiger partial charge on any atom is 0.272 e. The molecule has 1 aromatic rings. The average Bonchev–Trinajstić information content (AvgIpc) is 3.19. The summed E-state index contributed by atoms with van der Waals surface area (Å²) in [5.74, 6) is -1.28. The van der Waals surface area contributed by atoms with Gasteiger partial charge in [0, 0.05) is 6.07 Å². The molecule has 1 unspecified atom stereocenters. The molecule has 1 aliphatic carbocycles. The van der Waals surface area contributed by atoms with Crippen molar-refractivity contribution in [3.8, 4) is 6.07 Å². The van der Waals surface area contributed by atoms with Crippen LogP contribution in [0.1, 0.15) is 12.8 Å². The molecule has 0 saturated heterocycles. The van der Waals surface area contributed by atoms with E-state index in [1.54, 1.807) is 0 Å². The van der Waals surface area contributed by atoms with Crippen LogP contribution in [0.5, 0.6) is 0 Å². The number of nitrogens with one attached hydrogen (secondary N) is 1. The van der Waals surface area contributed by atoms with Crippen LogP contribution in [0.4, 0.5) is 10.1 Å². The van der Waals surface area contributed by atoms with Gasteiger partial charge in [0.15, 0.2) is 0 Å². The molecule has 0 bridgehead atoms. The number of benzene rings is 1. The van der Waals surface area contributed by atoms with Gasteiger partial charge in [0.05, 0.1) is 17.1 Å². The molecule has 1 aliphatic rings. The fourth-order valence-electron chi connectivity index (χ4n) is 1.71. The van der Waals surface area contributed by atoms with Gasteiger partial charge in [-0.1, -0.05) is 0 Å². The maximum absolute atomic E-state index is 13.7. The molecule has 0 heterocycles. The molecule has 106 valence electrons. The van der Waals surface area contributed by atoms with Crippen LogP contribution >= 0.6 is 0 Å². The lowest BCUT2D eigenvalue weighted by molar-refractivity contribution is -0.385. The van der Waals surface area contributed by atoms with E-state index < -0.39 is 37.4 Å². The first-order valence-electron chi connectivity index (χ1n) is 5.71. The zero-order chi connectivity index (χ0) is 14.9. The van der Waals surface area contributed by atoms with E-state index in [1.165, 1.54) is 0 Å².